The quantitative estimate of drug-likeness (QED) is 0.365. The molecule has 0 saturated carbocycles. The number of nitrogens with one attached hydrogen (secondary N) is 3. The van der Waals surface area contributed by atoms with Crippen LogP contribution in [-0.4, -0.2) is 45.0 Å². The minimum absolute atomic E-state index is 0.249. The fourth-order valence-corrected chi connectivity index (χ4v) is 4.32. The number of fused-ring (bicyclic) bond motifs is 1. The first-order valence-corrected chi connectivity index (χ1v) is 11.8. The van der Waals surface area contributed by atoms with Crippen LogP contribution in [0.3, 0.4) is 0 Å². The first-order chi connectivity index (χ1) is 16.6. The van der Waals surface area contributed by atoms with Crippen LogP contribution < -0.4 is 20.5 Å². The van der Waals surface area contributed by atoms with E-state index in [9.17, 15) is 13.6 Å². The first-order valence-electron chi connectivity index (χ1n) is 10.8. The van der Waals surface area contributed by atoms with Gasteiger partial charge in [-0.25, -0.2) is 4.98 Å². The number of pyridine rings is 2. The van der Waals surface area contributed by atoms with E-state index in [1.807, 2.05) is 42.5 Å². The van der Waals surface area contributed by atoms with E-state index in [2.05, 4.69) is 19.9 Å². The van der Waals surface area contributed by atoms with Crippen LogP contribution >= 0.6 is 0 Å². The second-order valence-electron chi connectivity index (χ2n) is 7.82. The van der Waals surface area contributed by atoms with Crippen molar-refractivity contribution in [2.75, 3.05) is 41.2 Å². The predicted octanol–water partition coefficient (Wildman–Crippen LogP) is 3.38. The highest BCUT2D eigenvalue weighted by molar-refractivity contribution is 7.80. The molecule has 0 spiro atoms. The van der Waals surface area contributed by atoms with E-state index in [1.54, 1.807) is 24.4 Å². The number of rotatable bonds is 6. The van der Waals surface area contributed by atoms with Gasteiger partial charge in [-0.05, 0) is 53.9 Å². The molecule has 174 valence electrons. The molecule has 0 radical (unpaired) electrons. The molecule has 1 aliphatic rings. The molecule has 3 N–H and O–H groups in total. The van der Waals surface area contributed by atoms with Gasteiger partial charge in [0, 0.05) is 53.2 Å². The number of anilines is 4. The Morgan fingerprint density at radius 1 is 1.03 bits per heavy atom. The molecule has 1 atom stereocenters. The maximum Gasteiger partial charge on any atom is 0.259 e. The number of H-pyrrole nitrogens is 1. The Morgan fingerprint density at radius 3 is 2.59 bits per heavy atom. The van der Waals surface area contributed by atoms with Gasteiger partial charge in [0.2, 0.25) is 0 Å². The fraction of sp³-hybridized carbons (Fsp3) is 0.167. The van der Waals surface area contributed by atoms with Gasteiger partial charge in [-0.1, -0.05) is 12.1 Å². The van der Waals surface area contributed by atoms with Crippen molar-refractivity contribution in [1.29, 1.82) is 0 Å². The molecule has 1 saturated heterocycles. The molecule has 10 heteroatoms. The number of ether oxygens (including phenoxy) is 1. The van der Waals surface area contributed by atoms with E-state index in [0.717, 1.165) is 24.5 Å². The van der Waals surface area contributed by atoms with Gasteiger partial charge in [-0.3, -0.25) is 9.00 Å². The lowest BCUT2D eigenvalue weighted by Gasteiger charge is -2.28. The largest absolute Gasteiger partial charge is 0.755 e. The number of morpholine rings is 1. The SMILES string of the molecule is O=c1[nH]ccc2cc(-c3cccc(NS(=O)[O-])c3)nc(Nc3ccc(N4CCOCC4)cc3)c12. The summed E-state index contributed by atoms with van der Waals surface area (Å²) in [6.45, 7) is 3.13. The van der Waals surface area contributed by atoms with E-state index >= 15 is 0 Å². The van der Waals surface area contributed by atoms with Crippen molar-refractivity contribution in [3.05, 3.63) is 77.2 Å². The van der Waals surface area contributed by atoms with Crippen molar-refractivity contribution in [3.8, 4) is 11.3 Å². The molecule has 9 nitrogen and oxygen atoms in total. The van der Waals surface area contributed by atoms with Crippen molar-refractivity contribution >= 4 is 44.9 Å². The summed E-state index contributed by atoms with van der Waals surface area (Å²) < 4.78 is 29.8. The van der Waals surface area contributed by atoms with Crippen molar-refractivity contribution < 1.29 is 13.5 Å². The van der Waals surface area contributed by atoms with E-state index in [-0.39, 0.29) is 5.56 Å². The molecule has 0 amide bonds. The number of hydrogen-bond acceptors (Lipinski definition) is 7. The number of nitrogens with zero attached hydrogens (tertiary/aromatic N) is 2. The second kappa shape index (κ2) is 9.64. The molecule has 1 fully saturated rings. The molecule has 2 aromatic carbocycles. The van der Waals surface area contributed by atoms with E-state index < -0.39 is 11.3 Å². The van der Waals surface area contributed by atoms with Crippen molar-refractivity contribution in [2.24, 2.45) is 0 Å². The van der Waals surface area contributed by atoms with Crippen LogP contribution in [-0.2, 0) is 16.0 Å². The van der Waals surface area contributed by atoms with Gasteiger partial charge in [0.1, 0.15) is 5.82 Å². The molecule has 1 unspecified atom stereocenters. The average Bonchev–Trinajstić information content (AvgIpc) is 2.85. The van der Waals surface area contributed by atoms with Crippen LogP contribution in [0.1, 0.15) is 0 Å². The van der Waals surface area contributed by atoms with Gasteiger partial charge in [0.25, 0.3) is 5.56 Å². The van der Waals surface area contributed by atoms with E-state index in [1.165, 1.54) is 0 Å². The summed E-state index contributed by atoms with van der Waals surface area (Å²) in [5.74, 6) is 0.416. The summed E-state index contributed by atoms with van der Waals surface area (Å²) in [5, 5.41) is 4.44. The summed E-state index contributed by atoms with van der Waals surface area (Å²) >= 11 is -2.43. The number of aromatic amines is 1. The zero-order valence-electron chi connectivity index (χ0n) is 18.1. The third-order valence-electron chi connectivity index (χ3n) is 5.62. The Hall–Kier alpha value is -3.73. The number of benzene rings is 2. The third kappa shape index (κ3) is 4.79. The summed E-state index contributed by atoms with van der Waals surface area (Å²) in [7, 11) is 0. The Balaban J connectivity index is 1.51. The highest BCUT2D eigenvalue weighted by atomic mass is 32.2. The average molecular weight is 477 g/mol. The fourth-order valence-electron chi connectivity index (χ4n) is 4.00. The molecule has 5 rings (SSSR count). The van der Waals surface area contributed by atoms with Crippen molar-refractivity contribution in [2.45, 2.75) is 0 Å². The normalized spacial score (nSPS) is 14.7. The molecule has 1 aliphatic heterocycles. The van der Waals surface area contributed by atoms with Crippen LogP contribution in [0.5, 0.6) is 0 Å². The van der Waals surface area contributed by atoms with Gasteiger partial charge >= 0.3 is 0 Å². The summed E-state index contributed by atoms with van der Waals surface area (Å²) in [6, 6.07) is 18.5. The number of aromatic nitrogens is 2. The van der Waals surface area contributed by atoms with Crippen LogP contribution in [0, 0.1) is 0 Å². The molecular weight excluding hydrogens is 454 g/mol. The predicted molar refractivity (Wildman–Crippen MR) is 133 cm³/mol. The van der Waals surface area contributed by atoms with Crippen LogP contribution in [0.2, 0.25) is 0 Å². The third-order valence-corrected chi connectivity index (χ3v) is 6.02. The lowest BCUT2D eigenvalue weighted by atomic mass is 10.1. The zero-order chi connectivity index (χ0) is 23.5. The monoisotopic (exact) mass is 476 g/mol. The van der Waals surface area contributed by atoms with Crippen molar-refractivity contribution in [3.63, 3.8) is 0 Å². The molecular formula is C24H22N5O4S-. The minimum Gasteiger partial charge on any atom is -0.755 e. The van der Waals surface area contributed by atoms with Crippen LogP contribution in [0.4, 0.5) is 22.9 Å². The Bertz CT molecular complexity index is 1400. The highest BCUT2D eigenvalue weighted by Gasteiger charge is 2.14. The summed E-state index contributed by atoms with van der Waals surface area (Å²) in [6.07, 6.45) is 1.59. The maximum absolute atomic E-state index is 12.6. The smallest absolute Gasteiger partial charge is 0.259 e. The second-order valence-corrected chi connectivity index (χ2v) is 8.49. The molecule has 3 heterocycles. The highest BCUT2D eigenvalue weighted by Crippen LogP contribution is 2.29. The Kier molecular flexibility index (Phi) is 6.26. The standard InChI is InChI=1S/C24H23N5O4S/c30-24-22-17(8-9-25-24)15-21(16-2-1-3-19(14-16)28-34(31)32)27-23(22)26-18-4-6-20(7-5-18)29-10-12-33-13-11-29/h1-9,14-15,28H,10-13H2,(H,25,30)(H,26,27)(H,31,32)/p-1. The van der Waals surface area contributed by atoms with Gasteiger partial charge in [-0.15, -0.1) is 0 Å². The minimum atomic E-state index is -2.43. The van der Waals surface area contributed by atoms with Gasteiger partial charge in [-0.2, -0.15) is 0 Å². The molecule has 0 aliphatic carbocycles. The Labute approximate surface area is 198 Å². The summed E-state index contributed by atoms with van der Waals surface area (Å²) in [5.41, 5.74) is 3.39. The molecule has 0 bridgehead atoms. The van der Waals surface area contributed by atoms with E-state index in [4.69, 9.17) is 9.72 Å². The molecule has 4 aromatic rings. The van der Waals surface area contributed by atoms with Crippen LogP contribution in [0.25, 0.3) is 22.0 Å². The molecule has 34 heavy (non-hydrogen) atoms. The topological polar surface area (TPSA) is 122 Å². The van der Waals surface area contributed by atoms with Crippen LogP contribution in [0.15, 0.2) is 71.7 Å². The molecule has 2 aromatic heterocycles. The lowest BCUT2D eigenvalue weighted by molar-refractivity contribution is 0.122. The van der Waals surface area contributed by atoms with E-state index in [0.29, 0.717) is 46.7 Å². The Morgan fingerprint density at radius 2 is 1.82 bits per heavy atom. The van der Waals surface area contributed by atoms with Crippen molar-refractivity contribution in [1.82, 2.24) is 9.97 Å². The zero-order valence-corrected chi connectivity index (χ0v) is 18.9. The lowest BCUT2D eigenvalue weighted by Crippen LogP contribution is -2.36. The summed E-state index contributed by atoms with van der Waals surface area (Å²) in [4.78, 5) is 22.3. The van der Waals surface area contributed by atoms with Gasteiger partial charge in [0.05, 0.1) is 24.3 Å². The maximum atomic E-state index is 12.6. The number of hydrogen-bond donors (Lipinski definition) is 3. The van der Waals surface area contributed by atoms with Gasteiger partial charge < -0.3 is 29.2 Å². The first kappa shape index (κ1) is 22.1. The van der Waals surface area contributed by atoms with Gasteiger partial charge in [0.15, 0.2) is 0 Å².